The van der Waals surface area contributed by atoms with E-state index in [9.17, 15) is 4.79 Å². The monoisotopic (exact) mass is 256 g/mol. The minimum atomic E-state index is 0.0281. The molecule has 0 bridgehead atoms. The molecule has 0 unspecified atom stereocenters. The van der Waals surface area contributed by atoms with Crippen LogP contribution in [0.2, 0.25) is 0 Å². The van der Waals surface area contributed by atoms with Crippen LogP contribution >= 0.6 is 11.8 Å². The molecule has 6 heteroatoms. The molecule has 0 aromatic heterocycles. The number of hydrogen-bond donors (Lipinski definition) is 1. The summed E-state index contributed by atoms with van der Waals surface area (Å²) in [5.41, 5.74) is 0.851. The van der Waals surface area contributed by atoms with Crippen LogP contribution in [0.15, 0.2) is 24.3 Å². The first-order valence-electron chi connectivity index (χ1n) is 4.54. The Bertz CT molecular complexity index is 347. The quantitative estimate of drug-likeness (QED) is 0.287. The van der Waals surface area contributed by atoms with Crippen molar-refractivity contribution >= 4 is 16.9 Å². The van der Waals surface area contributed by atoms with Crippen LogP contribution in [-0.4, -0.2) is 16.3 Å². The van der Waals surface area contributed by atoms with E-state index in [1.54, 1.807) is 24.3 Å². The van der Waals surface area contributed by atoms with Gasteiger partial charge in [0, 0.05) is 6.92 Å². The Morgan fingerprint density at radius 1 is 1.41 bits per heavy atom. The van der Waals surface area contributed by atoms with Crippen LogP contribution in [0.5, 0.6) is 5.75 Å². The van der Waals surface area contributed by atoms with Crippen molar-refractivity contribution < 1.29 is 24.3 Å². The van der Waals surface area contributed by atoms with Crippen molar-refractivity contribution in [1.29, 1.82) is 0 Å². The van der Waals surface area contributed by atoms with Crippen molar-refractivity contribution in [3.8, 4) is 5.75 Å². The van der Waals surface area contributed by atoms with Crippen molar-refractivity contribution in [3.05, 3.63) is 36.5 Å². The van der Waals surface area contributed by atoms with Crippen LogP contribution in [0.1, 0.15) is 12.5 Å². The molecule has 0 saturated heterocycles. The van der Waals surface area contributed by atoms with Crippen molar-refractivity contribution in [1.82, 2.24) is 0 Å². The maximum absolute atomic E-state index is 10.6. The Kier molecular flexibility index (Phi) is 9.14. The summed E-state index contributed by atoms with van der Waals surface area (Å²) >= 11 is 1.11. The van der Waals surface area contributed by atoms with E-state index in [-0.39, 0.29) is 11.7 Å². The van der Waals surface area contributed by atoms with Gasteiger partial charge in [0.15, 0.2) is 5.12 Å². The van der Waals surface area contributed by atoms with Crippen LogP contribution in [0.4, 0.5) is 0 Å². The Hall–Kier alpha value is -1.30. The van der Waals surface area contributed by atoms with E-state index in [4.69, 9.17) is 14.6 Å². The molecule has 1 N–H and O–H groups in total. The number of carbonyl (C=O) groups is 1. The third kappa shape index (κ3) is 7.57. The molecule has 0 radical (unpaired) electrons. The van der Waals surface area contributed by atoms with Crippen molar-refractivity contribution in [3.63, 3.8) is 0 Å². The molecule has 5 nitrogen and oxygen atoms in total. The van der Waals surface area contributed by atoms with E-state index in [1.165, 1.54) is 6.92 Å². The van der Waals surface area contributed by atoms with E-state index >= 15 is 0 Å². The average Bonchev–Trinajstić information content (AvgIpc) is 2.34. The van der Waals surface area contributed by atoms with E-state index in [0.717, 1.165) is 17.3 Å². The summed E-state index contributed by atoms with van der Waals surface area (Å²) in [6.07, 6.45) is 0. The van der Waals surface area contributed by atoms with E-state index < -0.39 is 0 Å². The summed E-state index contributed by atoms with van der Waals surface area (Å²) < 4.78 is 12.8. The Balaban J connectivity index is 0.00000121. The van der Waals surface area contributed by atoms with Gasteiger partial charge in [-0.3, -0.25) is 10.1 Å². The van der Waals surface area contributed by atoms with Crippen LogP contribution in [0, 0.1) is 6.65 Å². The molecule has 0 atom stereocenters. The van der Waals surface area contributed by atoms with E-state index in [1.807, 2.05) is 0 Å². The van der Waals surface area contributed by atoms with Crippen molar-refractivity contribution in [2.24, 2.45) is 0 Å². The summed E-state index contributed by atoms with van der Waals surface area (Å²) in [5, 5.41) is 8.25. The first-order valence-corrected chi connectivity index (χ1v) is 5.53. The molecular weight excluding hydrogens is 244 g/mol. The van der Waals surface area contributed by atoms with Crippen molar-refractivity contribution in [2.75, 3.05) is 5.94 Å². The third-order valence-electron chi connectivity index (χ3n) is 1.64. The Morgan fingerprint density at radius 3 is 2.47 bits per heavy atom. The van der Waals surface area contributed by atoms with Gasteiger partial charge in [0.2, 0.25) is 0 Å². The van der Waals surface area contributed by atoms with Gasteiger partial charge in [0.1, 0.15) is 18.3 Å². The fourth-order valence-corrected chi connectivity index (χ4v) is 1.30. The van der Waals surface area contributed by atoms with Gasteiger partial charge in [-0.25, -0.2) is 4.89 Å². The number of hydrogen-bond acceptors (Lipinski definition) is 5. The standard InChI is InChI=1S/C10H12O4S.CO/c1-8(11)15-7-13-10-4-2-9(3-5-10)6-14-12;1-2/h2-5,12H,6-7H2,1H3;. The molecule has 92 valence electrons. The SMILES string of the molecule is CC(=O)SCOc1ccc(COO)cc1.[C-]#[O+]. The van der Waals surface area contributed by atoms with Gasteiger partial charge in [-0.15, -0.1) is 0 Å². The summed E-state index contributed by atoms with van der Waals surface area (Å²) in [6.45, 7) is 6.15. The van der Waals surface area contributed by atoms with Gasteiger partial charge in [-0.2, -0.15) is 0 Å². The number of ether oxygens (including phenoxy) is 1. The minimum absolute atomic E-state index is 0.0281. The Labute approximate surface area is 103 Å². The number of benzene rings is 1. The average molecular weight is 256 g/mol. The maximum atomic E-state index is 10.6. The first kappa shape index (κ1) is 15.7. The zero-order chi connectivity index (χ0) is 13.1. The first-order chi connectivity index (χ1) is 8.22. The summed E-state index contributed by atoms with van der Waals surface area (Å²) in [5.74, 6) is 0.996. The number of carbonyl (C=O) groups excluding carboxylic acids is 1. The Morgan fingerprint density at radius 2 is 2.00 bits per heavy atom. The third-order valence-corrected chi connectivity index (χ3v) is 2.28. The molecule has 0 spiro atoms. The van der Waals surface area contributed by atoms with E-state index in [0.29, 0.717) is 11.7 Å². The molecule has 0 amide bonds. The second kappa shape index (κ2) is 9.89. The topological polar surface area (TPSA) is 75.7 Å². The van der Waals surface area contributed by atoms with Crippen molar-refractivity contribution in [2.45, 2.75) is 13.5 Å². The van der Waals surface area contributed by atoms with Gasteiger partial charge >= 0.3 is 11.3 Å². The zero-order valence-electron chi connectivity index (χ0n) is 9.21. The molecule has 0 heterocycles. The molecule has 0 aliphatic rings. The second-order valence-corrected chi connectivity index (χ2v) is 3.91. The molecule has 1 aromatic carbocycles. The van der Waals surface area contributed by atoms with E-state index in [2.05, 4.69) is 11.5 Å². The second-order valence-electron chi connectivity index (χ2n) is 2.82. The van der Waals surface area contributed by atoms with Gasteiger partial charge < -0.3 is 4.74 Å². The molecule has 0 saturated carbocycles. The van der Waals surface area contributed by atoms with Crippen LogP contribution in [-0.2, 0) is 20.9 Å². The zero-order valence-corrected chi connectivity index (χ0v) is 10.0. The van der Waals surface area contributed by atoms with Crippen LogP contribution in [0.25, 0.3) is 0 Å². The van der Waals surface area contributed by atoms with Gasteiger partial charge in [-0.05, 0) is 29.5 Å². The van der Waals surface area contributed by atoms with Crippen LogP contribution in [0.3, 0.4) is 0 Å². The predicted octanol–water partition coefficient (Wildman–Crippen LogP) is 2.25. The molecule has 0 aliphatic carbocycles. The molecule has 17 heavy (non-hydrogen) atoms. The van der Waals surface area contributed by atoms with Gasteiger partial charge in [0.25, 0.3) is 0 Å². The fraction of sp³-hybridized carbons (Fsp3) is 0.273. The van der Waals surface area contributed by atoms with Crippen LogP contribution < -0.4 is 4.74 Å². The molecule has 0 aliphatic heterocycles. The molecule has 1 aromatic rings. The summed E-state index contributed by atoms with van der Waals surface area (Å²) in [4.78, 5) is 14.6. The summed E-state index contributed by atoms with van der Waals surface area (Å²) in [7, 11) is 0. The fourth-order valence-electron chi connectivity index (χ4n) is 0.937. The molecule has 0 fully saturated rings. The predicted molar refractivity (Wildman–Crippen MR) is 61.6 cm³/mol. The number of rotatable bonds is 5. The molecular formula is C11H12O5S. The van der Waals surface area contributed by atoms with Gasteiger partial charge in [-0.1, -0.05) is 12.1 Å². The van der Waals surface area contributed by atoms with Gasteiger partial charge in [0.05, 0.1) is 0 Å². The summed E-state index contributed by atoms with van der Waals surface area (Å²) in [6, 6.07) is 7.08. The normalized spacial score (nSPS) is 8.94. The molecule has 1 rings (SSSR count). The number of thioether (sulfide) groups is 1.